The first-order valence-corrected chi connectivity index (χ1v) is 11.9. The number of hydrogen-bond donors (Lipinski definition) is 0. The molecule has 3 aliphatic heterocycles. The number of imide groups is 1. The van der Waals surface area contributed by atoms with Crippen molar-refractivity contribution in [3.63, 3.8) is 0 Å². The van der Waals surface area contributed by atoms with Gasteiger partial charge in [0.1, 0.15) is 11.9 Å². The van der Waals surface area contributed by atoms with Crippen LogP contribution in [0.1, 0.15) is 38.5 Å². The molecule has 9 heteroatoms. The molecule has 8 nitrogen and oxygen atoms in total. The molecule has 2 amide bonds. The van der Waals surface area contributed by atoms with Gasteiger partial charge in [-0.05, 0) is 49.2 Å². The number of rotatable bonds is 5. The van der Waals surface area contributed by atoms with Crippen molar-refractivity contribution in [3.05, 3.63) is 48.8 Å². The summed E-state index contributed by atoms with van der Waals surface area (Å²) in [5.74, 6) is 0.238. The number of ether oxygens (including phenoxy) is 1. The molecule has 31 heavy (non-hydrogen) atoms. The second-order valence-electron chi connectivity index (χ2n) is 8.23. The lowest BCUT2D eigenvalue weighted by molar-refractivity contribution is -0.121. The van der Waals surface area contributed by atoms with Gasteiger partial charge in [-0.2, -0.15) is 4.31 Å². The van der Waals surface area contributed by atoms with Crippen molar-refractivity contribution in [1.82, 2.24) is 9.29 Å². The number of aromatic nitrogens is 1. The Balaban J connectivity index is 1.33. The van der Waals surface area contributed by atoms with Crippen LogP contribution in [0.2, 0.25) is 0 Å². The predicted molar refractivity (Wildman–Crippen MR) is 112 cm³/mol. The summed E-state index contributed by atoms with van der Waals surface area (Å²) in [6.07, 6.45) is 6.63. The summed E-state index contributed by atoms with van der Waals surface area (Å²) in [5, 5.41) is 0. The van der Waals surface area contributed by atoms with E-state index in [1.54, 1.807) is 16.7 Å². The van der Waals surface area contributed by atoms with Gasteiger partial charge in [0.05, 0.1) is 10.6 Å². The fourth-order valence-electron chi connectivity index (χ4n) is 4.94. The van der Waals surface area contributed by atoms with Crippen LogP contribution in [0.25, 0.3) is 0 Å². The molecule has 0 unspecified atom stereocenters. The highest BCUT2D eigenvalue weighted by Crippen LogP contribution is 2.41. The summed E-state index contributed by atoms with van der Waals surface area (Å²) < 4.78 is 34.5. The Bertz CT molecular complexity index is 1070. The van der Waals surface area contributed by atoms with Crippen LogP contribution in [0.15, 0.2) is 53.7 Å². The third-order valence-corrected chi connectivity index (χ3v) is 8.32. The van der Waals surface area contributed by atoms with Crippen LogP contribution >= 0.6 is 0 Å². The van der Waals surface area contributed by atoms with Gasteiger partial charge in [-0.15, -0.1) is 0 Å². The quantitative estimate of drug-likeness (QED) is 0.662. The molecule has 5 rings (SSSR count). The molecule has 3 saturated heterocycles. The standard InChI is InChI=1S/C22H23N3O5S/c26-21-7-8-22(27)24(21)15-3-5-20(6-4-15)31(28,29)25-16-1-2-17(25)14-19(13-16)30-18-9-11-23-12-10-18/h3-6,9-12,16-17,19H,1-2,7-8,13-14H2/t16-,17-/m0/s1. The zero-order valence-corrected chi connectivity index (χ0v) is 17.7. The van der Waals surface area contributed by atoms with Gasteiger partial charge in [0, 0.05) is 50.2 Å². The normalized spacial score (nSPS) is 26.5. The van der Waals surface area contributed by atoms with Crippen LogP contribution in [0.4, 0.5) is 5.69 Å². The number of benzene rings is 1. The summed E-state index contributed by atoms with van der Waals surface area (Å²) in [6.45, 7) is 0. The first kappa shape index (κ1) is 20.1. The Kier molecular flexibility index (Phi) is 5.02. The minimum atomic E-state index is -3.68. The first-order chi connectivity index (χ1) is 14.9. The number of pyridine rings is 1. The molecule has 0 N–H and O–H groups in total. The topological polar surface area (TPSA) is 96.9 Å². The van der Waals surface area contributed by atoms with Gasteiger partial charge in [-0.25, -0.2) is 8.42 Å². The second kappa shape index (κ2) is 7.72. The van der Waals surface area contributed by atoms with Crippen molar-refractivity contribution < 1.29 is 22.7 Å². The maximum Gasteiger partial charge on any atom is 0.243 e. The molecule has 162 valence electrons. The van der Waals surface area contributed by atoms with Crippen molar-refractivity contribution in [2.75, 3.05) is 4.90 Å². The lowest BCUT2D eigenvalue weighted by Crippen LogP contribution is -2.49. The van der Waals surface area contributed by atoms with E-state index in [1.807, 2.05) is 12.1 Å². The first-order valence-electron chi connectivity index (χ1n) is 10.5. The van der Waals surface area contributed by atoms with Gasteiger partial charge < -0.3 is 4.74 Å². The third-order valence-electron chi connectivity index (χ3n) is 6.30. The van der Waals surface area contributed by atoms with Crippen molar-refractivity contribution in [1.29, 1.82) is 0 Å². The van der Waals surface area contributed by atoms with Gasteiger partial charge in [-0.3, -0.25) is 19.5 Å². The number of amides is 2. The van der Waals surface area contributed by atoms with E-state index in [1.165, 1.54) is 24.3 Å². The Morgan fingerprint density at radius 2 is 1.45 bits per heavy atom. The van der Waals surface area contributed by atoms with Crippen LogP contribution in [0, 0.1) is 0 Å². The average molecular weight is 442 g/mol. The highest BCUT2D eigenvalue weighted by molar-refractivity contribution is 7.89. The Morgan fingerprint density at radius 1 is 0.871 bits per heavy atom. The largest absolute Gasteiger partial charge is 0.490 e. The third kappa shape index (κ3) is 3.61. The number of sulfonamides is 1. The number of piperidine rings is 1. The highest BCUT2D eigenvalue weighted by atomic mass is 32.2. The SMILES string of the molecule is O=C1CCC(=O)N1c1ccc(S(=O)(=O)N2[C@H]3CC[C@H]2CC(Oc2ccncc2)C3)cc1. The molecule has 2 aromatic rings. The molecule has 2 bridgehead atoms. The molecule has 0 spiro atoms. The van der Waals surface area contributed by atoms with Crippen LogP contribution in [-0.2, 0) is 19.6 Å². The van der Waals surface area contributed by atoms with E-state index in [2.05, 4.69) is 4.98 Å². The number of hydrogen-bond acceptors (Lipinski definition) is 6. The monoisotopic (exact) mass is 441 g/mol. The zero-order valence-electron chi connectivity index (χ0n) is 16.9. The number of anilines is 1. The maximum absolute atomic E-state index is 13.4. The molecule has 1 aromatic heterocycles. The van der Waals surface area contributed by atoms with Crippen LogP contribution in [0.5, 0.6) is 5.75 Å². The predicted octanol–water partition coefficient (Wildman–Crippen LogP) is 2.50. The van der Waals surface area contributed by atoms with Crippen molar-refractivity contribution in [2.24, 2.45) is 0 Å². The molecule has 4 heterocycles. The molecular formula is C22H23N3O5S. The molecular weight excluding hydrogens is 418 g/mol. The van der Waals surface area contributed by atoms with Crippen LogP contribution < -0.4 is 9.64 Å². The van der Waals surface area contributed by atoms with Gasteiger partial charge in [-0.1, -0.05) is 0 Å². The lowest BCUT2D eigenvalue weighted by Gasteiger charge is -2.37. The summed E-state index contributed by atoms with van der Waals surface area (Å²) in [4.78, 5) is 29.2. The number of carbonyl (C=O) groups is 2. The van der Waals surface area contributed by atoms with E-state index in [0.29, 0.717) is 18.5 Å². The summed E-state index contributed by atoms with van der Waals surface area (Å²) in [6, 6.07) is 9.47. The summed E-state index contributed by atoms with van der Waals surface area (Å²) >= 11 is 0. The Hall–Kier alpha value is -2.78. The van der Waals surface area contributed by atoms with E-state index in [4.69, 9.17) is 4.74 Å². The molecule has 0 aliphatic carbocycles. The molecule has 1 aromatic carbocycles. The highest BCUT2D eigenvalue weighted by Gasteiger charge is 2.48. The summed E-state index contributed by atoms with van der Waals surface area (Å²) in [5.41, 5.74) is 0.416. The minimum Gasteiger partial charge on any atom is -0.490 e. The fraction of sp³-hybridized carbons (Fsp3) is 0.409. The Morgan fingerprint density at radius 3 is 2.03 bits per heavy atom. The van der Waals surface area contributed by atoms with Gasteiger partial charge in [0.15, 0.2) is 0 Å². The van der Waals surface area contributed by atoms with Gasteiger partial charge >= 0.3 is 0 Å². The minimum absolute atomic E-state index is 0.0269. The molecule has 0 radical (unpaired) electrons. The number of carbonyl (C=O) groups excluding carboxylic acids is 2. The number of fused-ring (bicyclic) bond motifs is 2. The van der Waals surface area contributed by atoms with E-state index in [-0.39, 0.29) is 47.7 Å². The van der Waals surface area contributed by atoms with E-state index >= 15 is 0 Å². The Labute approximate surface area is 180 Å². The molecule has 3 aliphatic rings. The van der Waals surface area contributed by atoms with E-state index in [9.17, 15) is 18.0 Å². The van der Waals surface area contributed by atoms with Gasteiger partial charge in [0.25, 0.3) is 0 Å². The maximum atomic E-state index is 13.4. The average Bonchev–Trinajstić information content (AvgIpc) is 3.25. The van der Waals surface area contributed by atoms with Crippen LogP contribution in [0.3, 0.4) is 0 Å². The van der Waals surface area contributed by atoms with E-state index in [0.717, 1.165) is 23.5 Å². The van der Waals surface area contributed by atoms with Crippen molar-refractivity contribution >= 4 is 27.5 Å². The van der Waals surface area contributed by atoms with Crippen molar-refractivity contribution in [3.8, 4) is 5.75 Å². The lowest BCUT2D eigenvalue weighted by atomic mass is 10.0. The van der Waals surface area contributed by atoms with Crippen molar-refractivity contribution in [2.45, 2.75) is 61.6 Å². The number of nitrogens with zero attached hydrogens (tertiary/aromatic N) is 3. The molecule has 3 fully saturated rings. The van der Waals surface area contributed by atoms with E-state index < -0.39 is 10.0 Å². The smallest absolute Gasteiger partial charge is 0.243 e. The van der Waals surface area contributed by atoms with Crippen LogP contribution in [-0.4, -0.2) is 47.7 Å². The zero-order chi connectivity index (χ0) is 21.6. The summed E-state index contributed by atoms with van der Waals surface area (Å²) in [7, 11) is -3.68. The molecule has 2 atom stereocenters. The molecule has 0 saturated carbocycles. The second-order valence-corrected chi connectivity index (χ2v) is 10.1. The van der Waals surface area contributed by atoms with Gasteiger partial charge in [0.2, 0.25) is 21.8 Å². The fourth-order valence-corrected chi connectivity index (χ4v) is 6.83.